The quantitative estimate of drug-likeness (QED) is 0.865. The van der Waals surface area contributed by atoms with Gasteiger partial charge in [-0.15, -0.1) is 5.10 Å². The number of aromatic nitrogens is 2. The summed E-state index contributed by atoms with van der Waals surface area (Å²) in [7, 11) is 1.50. The second-order valence-electron chi connectivity index (χ2n) is 3.98. The van der Waals surface area contributed by atoms with E-state index in [0.29, 0.717) is 4.88 Å². The number of hydrogen-bond donors (Lipinski definition) is 1. The summed E-state index contributed by atoms with van der Waals surface area (Å²) in [6.07, 6.45) is 1.38. The van der Waals surface area contributed by atoms with Crippen LogP contribution < -0.4 is 5.32 Å². The minimum Gasteiger partial charge on any atom is -0.345 e. The summed E-state index contributed by atoms with van der Waals surface area (Å²) in [6.45, 7) is 1.79. The first-order valence-corrected chi connectivity index (χ1v) is 8.59. The number of nitrogens with one attached hydrogen (secondary N) is 1. The van der Waals surface area contributed by atoms with Crippen molar-refractivity contribution in [2.45, 2.75) is 17.9 Å². The van der Waals surface area contributed by atoms with Crippen molar-refractivity contribution in [3.63, 3.8) is 0 Å². The van der Waals surface area contributed by atoms with Crippen LogP contribution in [-0.4, -0.2) is 23.9 Å². The first-order chi connectivity index (χ1) is 9.38. The molecular weight excluding hydrogens is 322 g/mol. The lowest BCUT2D eigenvalue weighted by Gasteiger charge is -2.13. The lowest BCUT2D eigenvalue weighted by atomic mass is 10.1. The predicted molar refractivity (Wildman–Crippen MR) is 75.3 cm³/mol. The first kappa shape index (κ1) is 14.9. The third kappa shape index (κ3) is 3.53. The minimum atomic E-state index is -3.73. The highest BCUT2D eigenvalue weighted by Crippen LogP contribution is 2.19. The molecule has 1 aromatic heterocycles. The van der Waals surface area contributed by atoms with Crippen molar-refractivity contribution in [3.05, 3.63) is 40.9 Å². The van der Waals surface area contributed by atoms with Crippen molar-refractivity contribution >= 4 is 37.2 Å². The van der Waals surface area contributed by atoms with Crippen molar-refractivity contribution < 1.29 is 13.2 Å². The molecule has 20 heavy (non-hydrogen) atoms. The van der Waals surface area contributed by atoms with Crippen LogP contribution in [0.25, 0.3) is 0 Å². The molecule has 1 amide bonds. The summed E-state index contributed by atoms with van der Waals surface area (Å²) in [5, 5.41) is 6.35. The molecule has 9 heteroatoms. The zero-order chi connectivity index (χ0) is 14.8. The Hall–Kier alpha value is -1.51. The minimum absolute atomic E-state index is 0.0214. The van der Waals surface area contributed by atoms with E-state index >= 15 is 0 Å². The lowest BCUT2D eigenvalue weighted by molar-refractivity contribution is 0.0943. The maximum Gasteiger partial charge on any atom is 0.265 e. The summed E-state index contributed by atoms with van der Waals surface area (Å²) in [5.74, 6) is -0.276. The third-order valence-electron chi connectivity index (χ3n) is 2.59. The number of rotatable bonds is 4. The molecule has 1 heterocycles. The molecule has 0 spiro atoms. The van der Waals surface area contributed by atoms with E-state index in [2.05, 4.69) is 14.9 Å². The van der Waals surface area contributed by atoms with Crippen LogP contribution in [-0.2, 0) is 9.05 Å². The van der Waals surface area contributed by atoms with Crippen LogP contribution in [0.5, 0.6) is 0 Å². The van der Waals surface area contributed by atoms with Crippen molar-refractivity contribution in [1.29, 1.82) is 0 Å². The van der Waals surface area contributed by atoms with Crippen LogP contribution in [0.15, 0.2) is 35.4 Å². The highest BCUT2D eigenvalue weighted by Gasteiger charge is 2.15. The summed E-state index contributed by atoms with van der Waals surface area (Å²) >= 11 is 1.00. The topological polar surface area (TPSA) is 89.0 Å². The number of carbonyl (C=O) groups is 1. The van der Waals surface area contributed by atoms with Crippen molar-refractivity contribution in [3.8, 4) is 0 Å². The van der Waals surface area contributed by atoms with E-state index in [1.165, 1.54) is 18.3 Å². The maximum atomic E-state index is 11.8. The van der Waals surface area contributed by atoms with Gasteiger partial charge in [-0.2, -0.15) is 0 Å². The summed E-state index contributed by atoms with van der Waals surface area (Å²) in [6, 6.07) is 5.72. The summed E-state index contributed by atoms with van der Waals surface area (Å²) in [4.78, 5) is 12.3. The largest absolute Gasteiger partial charge is 0.345 e. The van der Waals surface area contributed by atoms with Gasteiger partial charge in [-0.1, -0.05) is 16.6 Å². The zero-order valence-corrected chi connectivity index (χ0v) is 12.7. The van der Waals surface area contributed by atoms with Gasteiger partial charge in [-0.05, 0) is 36.2 Å². The molecule has 0 saturated carbocycles. The number of hydrogen-bond acceptors (Lipinski definition) is 6. The van der Waals surface area contributed by atoms with Crippen molar-refractivity contribution in [2.24, 2.45) is 0 Å². The molecule has 0 bridgehead atoms. The van der Waals surface area contributed by atoms with E-state index in [-0.39, 0.29) is 16.8 Å². The number of amides is 1. The van der Waals surface area contributed by atoms with Crippen molar-refractivity contribution in [2.75, 3.05) is 0 Å². The zero-order valence-electron chi connectivity index (χ0n) is 10.3. The monoisotopic (exact) mass is 331 g/mol. The molecule has 0 aliphatic rings. The molecule has 0 radical (unpaired) electrons. The first-order valence-electron chi connectivity index (χ1n) is 5.51. The molecule has 106 valence electrons. The number of benzene rings is 1. The molecule has 6 nitrogen and oxygen atoms in total. The Morgan fingerprint density at radius 3 is 2.50 bits per heavy atom. The smallest absolute Gasteiger partial charge is 0.265 e. The van der Waals surface area contributed by atoms with Crippen molar-refractivity contribution in [1.82, 2.24) is 14.9 Å². The normalized spacial score (nSPS) is 12.9. The molecule has 2 rings (SSSR count). The standard InChI is InChI=1S/C11H10ClN3O3S2/c1-7(14-11(16)10-6-13-15-19-10)8-2-4-9(5-3-8)20(12,17)18/h2-7H,1H3,(H,14,16). The molecular formula is C11H10ClN3O3S2. The molecule has 0 fully saturated rings. The molecule has 1 aromatic carbocycles. The van der Waals surface area contributed by atoms with Gasteiger partial charge in [0, 0.05) is 10.7 Å². The van der Waals surface area contributed by atoms with Gasteiger partial charge in [-0.3, -0.25) is 4.79 Å². The predicted octanol–water partition coefficient (Wildman–Crippen LogP) is 1.96. The molecule has 1 N–H and O–H groups in total. The third-order valence-corrected chi connectivity index (χ3v) is 4.63. The fraction of sp³-hybridized carbons (Fsp3) is 0.182. The second kappa shape index (κ2) is 5.86. The Labute approximate surface area is 124 Å². The van der Waals surface area contributed by atoms with E-state index in [4.69, 9.17) is 10.7 Å². The summed E-state index contributed by atoms with van der Waals surface area (Å²) < 4.78 is 25.9. The average Bonchev–Trinajstić information content (AvgIpc) is 2.91. The van der Waals surface area contributed by atoms with Gasteiger partial charge in [-0.25, -0.2) is 8.42 Å². The Balaban J connectivity index is 2.10. The highest BCUT2D eigenvalue weighted by molar-refractivity contribution is 8.13. The number of halogens is 1. The van der Waals surface area contributed by atoms with E-state index in [9.17, 15) is 13.2 Å². The van der Waals surface area contributed by atoms with Gasteiger partial charge < -0.3 is 5.32 Å². The average molecular weight is 332 g/mol. The number of nitrogens with zero attached hydrogens (tertiary/aromatic N) is 2. The fourth-order valence-electron chi connectivity index (χ4n) is 1.54. The molecule has 0 aliphatic carbocycles. The fourth-order valence-corrected chi connectivity index (χ4v) is 2.73. The Kier molecular flexibility index (Phi) is 4.36. The highest BCUT2D eigenvalue weighted by atomic mass is 35.7. The van der Waals surface area contributed by atoms with Crippen LogP contribution >= 0.6 is 22.2 Å². The van der Waals surface area contributed by atoms with Crippen LogP contribution in [0.2, 0.25) is 0 Å². The Morgan fingerprint density at radius 1 is 1.35 bits per heavy atom. The lowest BCUT2D eigenvalue weighted by Crippen LogP contribution is -2.25. The Bertz CT molecular complexity index is 699. The number of carbonyl (C=O) groups excluding carboxylic acids is 1. The second-order valence-corrected chi connectivity index (χ2v) is 7.34. The maximum absolute atomic E-state index is 11.8. The van der Waals surface area contributed by atoms with E-state index in [1.807, 2.05) is 0 Å². The SMILES string of the molecule is CC(NC(=O)c1cnns1)c1ccc(S(=O)(=O)Cl)cc1. The Morgan fingerprint density at radius 2 is 2.00 bits per heavy atom. The van der Waals surface area contributed by atoms with E-state index < -0.39 is 9.05 Å². The van der Waals surface area contributed by atoms with Gasteiger partial charge in [0.2, 0.25) is 0 Å². The van der Waals surface area contributed by atoms with E-state index in [0.717, 1.165) is 17.1 Å². The van der Waals surface area contributed by atoms with Crippen LogP contribution in [0.3, 0.4) is 0 Å². The van der Waals surface area contributed by atoms with Crippen LogP contribution in [0, 0.1) is 0 Å². The van der Waals surface area contributed by atoms with Gasteiger partial charge in [0.25, 0.3) is 15.0 Å². The van der Waals surface area contributed by atoms with Gasteiger partial charge in [0.05, 0.1) is 17.1 Å². The molecule has 2 aromatic rings. The van der Waals surface area contributed by atoms with Gasteiger partial charge in [0.1, 0.15) is 4.88 Å². The molecule has 0 saturated heterocycles. The van der Waals surface area contributed by atoms with Gasteiger partial charge in [0.15, 0.2) is 0 Å². The van der Waals surface area contributed by atoms with Crippen LogP contribution in [0.4, 0.5) is 0 Å². The molecule has 1 atom stereocenters. The summed E-state index contributed by atoms with van der Waals surface area (Å²) in [5.41, 5.74) is 0.764. The van der Waals surface area contributed by atoms with E-state index in [1.54, 1.807) is 19.1 Å². The molecule has 0 aliphatic heterocycles. The van der Waals surface area contributed by atoms with Crippen LogP contribution in [0.1, 0.15) is 28.2 Å². The van der Waals surface area contributed by atoms with Gasteiger partial charge >= 0.3 is 0 Å². The molecule has 1 unspecified atom stereocenters.